The second kappa shape index (κ2) is 4.09. The van der Waals surface area contributed by atoms with E-state index in [2.05, 4.69) is 4.74 Å². The predicted molar refractivity (Wildman–Crippen MR) is 61.8 cm³/mol. The first-order chi connectivity index (χ1) is 8.60. The lowest BCUT2D eigenvalue weighted by molar-refractivity contribution is -0.0645. The molecule has 1 fully saturated rings. The molecule has 1 aliphatic carbocycles. The Kier molecular flexibility index (Phi) is 2.66. The molecule has 1 heterocycles. The zero-order valence-electron chi connectivity index (χ0n) is 9.86. The number of alkyl halides is 2. The standard InChI is InChI=1S/C13H15F2NO2/c14-12(15)17-10-4-1-3-8-9(16)7-13(5-2-6-13)18-11(8)10/h1,3-4,9,12H,2,5-7,16H2. The van der Waals surface area contributed by atoms with E-state index in [-0.39, 0.29) is 17.4 Å². The zero-order valence-corrected chi connectivity index (χ0v) is 9.86. The Morgan fingerprint density at radius 3 is 2.78 bits per heavy atom. The van der Waals surface area contributed by atoms with E-state index < -0.39 is 6.61 Å². The molecule has 1 atom stereocenters. The molecule has 5 heteroatoms. The summed E-state index contributed by atoms with van der Waals surface area (Å²) in [4.78, 5) is 0. The SMILES string of the molecule is NC1CC2(CCC2)Oc2c(OC(F)F)cccc21. The second-order valence-electron chi connectivity index (χ2n) is 5.00. The molecule has 2 N–H and O–H groups in total. The normalized spacial score (nSPS) is 24.3. The van der Waals surface area contributed by atoms with E-state index in [9.17, 15) is 8.78 Å². The van der Waals surface area contributed by atoms with Crippen LogP contribution in [0, 0.1) is 0 Å². The summed E-state index contributed by atoms with van der Waals surface area (Å²) in [6.07, 6.45) is 3.71. The molecule has 0 bridgehead atoms. The first-order valence-electron chi connectivity index (χ1n) is 6.12. The van der Waals surface area contributed by atoms with Gasteiger partial charge in [-0.25, -0.2) is 0 Å². The minimum atomic E-state index is -2.85. The van der Waals surface area contributed by atoms with Crippen LogP contribution < -0.4 is 15.2 Å². The minimum Gasteiger partial charge on any atom is -0.483 e. The van der Waals surface area contributed by atoms with Gasteiger partial charge in [-0.05, 0) is 25.3 Å². The average molecular weight is 255 g/mol. The van der Waals surface area contributed by atoms with Crippen molar-refractivity contribution in [3.8, 4) is 11.5 Å². The van der Waals surface area contributed by atoms with Gasteiger partial charge in [0, 0.05) is 18.0 Å². The molecule has 3 rings (SSSR count). The molecule has 0 aromatic heterocycles. The van der Waals surface area contributed by atoms with Crippen molar-refractivity contribution in [1.29, 1.82) is 0 Å². The number of fused-ring (bicyclic) bond motifs is 1. The molecule has 0 amide bonds. The number of hydrogen-bond acceptors (Lipinski definition) is 3. The molecule has 1 aliphatic heterocycles. The van der Waals surface area contributed by atoms with Crippen LogP contribution in [0.4, 0.5) is 8.78 Å². The Morgan fingerprint density at radius 2 is 2.17 bits per heavy atom. The fraction of sp³-hybridized carbons (Fsp3) is 0.538. The number of rotatable bonds is 2. The Balaban J connectivity index is 1.98. The van der Waals surface area contributed by atoms with E-state index in [0.717, 1.165) is 31.2 Å². The van der Waals surface area contributed by atoms with Gasteiger partial charge >= 0.3 is 6.61 Å². The molecule has 1 unspecified atom stereocenters. The number of benzene rings is 1. The van der Waals surface area contributed by atoms with Gasteiger partial charge in [-0.1, -0.05) is 12.1 Å². The first kappa shape index (κ1) is 11.7. The molecular weight excluding hydrogens is 240 g/mol. The molecule has 1 spiro atoms. The predicted octanol–water partition coefficient (Wildman–Crippen LogP) is 2.99. The smallest absolute Gasteiger partial charge is 0.387 e. The average Bonchev–Trinajstić information content (AvgIpc) is 2.27. The topological polar surface area (TPSA) is 44.5 Å². The van der Waals surface area contributed by atoms with Gasteiger partial charge in [0.05, 0.1) is 0 Å². The highest BCUT2D eigenvalue weighted by molar-refractivity contribution is 5.50. The Morgan fingerprint density at radius 1 is 1.39 bits per heavy atom. The number of para-hydroxylation sites is 1. The van der Waals surface area contributed by atoms with Gasteiger partial charge in [-0.2, -0.15) is 8.78 Å². The highest BCUT2D eigenvalue weighted by Gasteiger charge is 2.45. The highest BCUT2D eigenvalue weighted by atomic mass is 19.3. The van der Waals surface area contributed by atoms with Crippen LogP contribution in [0.5, 0.6) is 11.5 Å². The maximum atomic E-state index is 12.4. The van der Waals surface area contributed by atoms with Crippen molar-refractivity contribution in [1.82, 2.24) is 0 Å². The lowest BCUT2D eigenvalue weighted by Gasteiger charge is -2.47. The van der Waals surface area contributed by atoms with Crippen LogP contribution in [-0.4, -0.2) is 12.2 Å². The summed E-state index contributed by atoms with van der Waals surface area (Å²) in [5.74, 6) is 0.486. The third-order valence-electron chi connectivity index (χ3n) is 3.80. The zero-order chi connectivity index (χ0) is 12.8. The van der Waals surface area contributed by atoms with Crippen molar-refractivity contribution in [2.75, 3.05) is 0 Å². The van der Waals surface area contributed by atoms with Crippen LogP contribution in [0.1, 0.15) is 37.3 Å². The fourth-order valence-corrected chi connectivity index (χ4v) is 2.77. The van der Waals surface area contributed by atoms with Crippen LogP contribution >= 0.6 is 0 Å². The van der Waals surface area contributed by atoms with Crippen molar-refractivity contribution < 1.29 is 18.3 Å². The van der Waals surface area contributed by atoms with E-state index in [1.54, 1.807) is 6.07 Å². The summed E-state index contributed by atoms with van der Waals surface area (Å²) >= 11 is 0. The van der Waals surface area contributed by atoms with E-state index in [0.29, 0.717) is 5.75 Å². The number of ether oxygens (including phenoxy) is 2. The fourth-order valence-electron chi connectivity index (χ4n) is 2.77. The summed E-state index contributed by atoms with van der Waals surface area (Å²) in [5, 5.41) is 0. The Hall–Kier alpha value is -1.36. The molecular formula is C13H15F2NO2. The van der Waals surface area contributed by atoms with Gasteiger partial charge in [0.1, 0.15) is 5.60 Å². The Bertz CT molecular complexity index is 460. The van der Waals surface area contributed by atoms with Crippen molar-refractivity contribution in [2.24, 2.45) is 5.73 Å². The molecule has 1 saturated carbocycles. The molecule has 18 heavy (non-hydrogen) atoms. The summed E-state index contributed by atoms with van der Waals surface area (Å²) < 4.78 is 35.2. The van der Waals surface area contributed by atoms with Gasteiger partial charge in [-0.15, -0.1) is 0 Å². The molecule has 0 saturated heterocycles. The first-order valence-corrected chi connectivity index (χ1v) is 6.12. The minimum absolute atomic E-state index is 0.0870. The summed E-state index contributed by atoms with van der Waals surface area (Å²) in [5.41, 5.74) is 6.61. The van der Waals surface area contributed by atoms with Crippen LogP contribution in [0.25, 0.3) is 0 Å². The van der Waals surface area contributed by atoms with Crippen LogP contribution in [0.2, 0.25) is 0 Å². The number of halogens is 2. The molecule has 3 nitrogen and oxygen atoms in total. The third-order valence-corrected chi connectivity index (χ3v) is 3.80. The van der Waals surface area contributed by atoms with Crippen LogP contribution in [0.15, 0.2) is 18.2 Å². The van der Waals surface area contributed by atoms with Crippen molar-refractivity contribution >= 4 is 0 Å². The van der Waals surface area contributed by atoms with Gasteiger partial charge in [0.2, 0.25) is 0 Å². The third kappa shape index (κ3) is 1.82. The van der Waals surface area contributed by atoms with Gasteiger partial charge < -0.3 is 15.2 Å². The molecule has 1 aromatic carbocycles. The molecule has 0 radical (unpaired) electrons. The lowest BCUT2D eigenvalue weighted by atomic mass is 9.73. The molecule has 1 aromatic rings. The lowest BCUT2D eigenvalue weighted by Crippen LogP contribution is -2.48. The summed E-state index contributed by atoms with van der Waals surface area (Å²) in [7, 11) is 0. The maximum Gasteiger partial charge on any atom is 0.387 e. The van der Waals surface area contributed by atoms with Crippen molar-refractivity contribution in [2.45, 2.75) is 43.9 Å². The van der Waals surface area contributed by atoms with E-state index >= 15 is 0 Å². The largest absolute Gasteiger partial charge is 0.483 e. The van der Waals surface area contributed by atoms with E-state index in [1.807, 2.05) is 6.07 Å². The van der Waals surface area contributed by atoms with Gasteiger partial charge in [0.25, 0.3) is 0 Å². The monoisotopic (exact) mass is 255 g/mol. The van der Waals surface area contributed by atoms with E-state index in [1.165, 1.54) is 6.07 Å². The number of nitrogens with two attached hydrogens (primary N) is 1. The summed E-state index contributed by atoms with van der Waals surface area (Å²) in [6.45, 7) is -2.85. The second-order valence-corrected chi connectivity index (χ2v) is 5.00. The quantitative estimate of drug-likeness (QED) is 0.883. The van der Waals surface area contributed by atoms with Crippen LogP contribution in [0.3, 0.4) is 0 Å². The van der Waals surface area contributed by atoms with E-state index in [4.69, 9.17) is 10.5 Å². The molecule has 98 valence electrons. The van der Waals surface area contributed by atoms with Gasteiger partial charge in [-0.3, -0.25) is 0 Å². The Labute approximate surface area is 104 Å². The molecule has 2 aliphatic rings. The number of hydrogen-bond donors (Lipinski definition) is 1. The van der Waals surface area contributed by atoms with Crippen molar-refractivity contribution in [3.05, 3.63) is 23.8 Å². The van der Waals surface area contributed by atoms with Crippen LogP contribution in [-0.2, 0) is 0 Å². The van der Waals surface area contributed by atoms with Crippen molar-refractivity contribution in [3.63, 3.8) is 0 Å². The van der Waals surface area contributed by atoms with Gasteiger partial charge in [0.15, 0.2) is 11.5 Å². The highest BCUT2D eigenvalue weighted by Crippen LogP contribution is 2.51. The summed E-state index contributed by atoms with van der Waals surface area (Å²) in [6, 6.07) is 4.80. The maximum absolute atomic E-state index is 12.4.